The van der Waals surface area contributed by atoms with Crippen LogP contribution < -0.4 is 16.4 Å². The molecule has 0 unspecified atom stereocenters. The number of imide groups is 1. The number of rotatable bonds is 3. The molecule has 2 N–H and O–H groups in total. The van der Waals surface area contributed by atoms with Crippen molar-refractivity contribution in [1.29, 1.82) is 0 Å². The SMILES string of the molecule is CNC(=O)NC(=O)Cn1nc(-c2ccco2)oc1=O. The smallest absolute Gasteiger partial charge is 0.437 e. The molecule has 0 saturated carbocycles. The third-order valence-electron chi connectivity index (χ3n) is 2.11. The van der Waals surface area contributed by atoms with E-state index in [4.69, 9.17) is 8.83 Å². The largest absolute Gasteiger partial charge is 0.459 e. The Morgan fingerprint density at radius 3 is 2.89 bits per heavy atom. The van der Waals surface area contributed by atoms with Crippen molar-refractivity contribution in [2.45, 2.75) is 6.54 Å². The molecule has 0 atom stereocenters. The second kappa shape index (κ2) is 5.21. The van der Waals surface area contributed by atoms with Crippen LogP contribution in [0.25, 0.3) is 11.7 Å². The highest BCUT2D eigenvalue weighted by Crippen LogP contribution is 2.14. The Hall–Kier alpha value is -2.84. The number of carbonyl (C=O) groups excluding carboxylic acids is 2. The molecule has 2 aromatic rings. The summed E-state index contributed by atoms with van der Waals surface area (Å²) in [7, 11) is 1.36. The molecule has 0 bridgehead atoms. The molecule has 0 aromatic carbocycles. The van der Waals surface area contributed by atoms with E-state index in [0.29, 0.717) is 0 Å². The van der Waals surface area contributed by atoms with Gasteiger partial charge in [0, 0.05) is 7.05 Å². The monoisotopic (exact) mass is 266 g/mol. The standard InChI is InChI=1S/C10H10N4O5/c1-11-9(16)12-7(15)5-14-10(17)19-8(13-14)6-3-2-4-18-6/h2-4H,5H2,1H3,(H2,11,12,15,16). The van der Waals surface area contributed by atoms with E-state index in [0.717, 1.165) is 4.68 Å². The summed E-state index contributed by atoms with van der Waals surface area (Å²) in [5.74, 6) is -1.29. The molecular formula is C10H10N4O5. The number of urea groups is 1. The maximum atomic E-state index is 11.4. The number of hydrogen-bond acceptors (Lipinski definition) is 6. The zero-order valence-corrected chi connectivity index (χ0v) is 9.87. The predicted octanol–water partition coefficient (Wildman–Crippen LogP) is -0.448. The molecule has 100 valence electrons. The lowest BCUT2D eigenvalue weighted by molar-refractivity contribution is -0.120. The Balaban J connectivity index is 2.12. The van der Waals surface area contributed by atoms with Gasteiger partial charge in [-0.15, -0.1) is 5.10 Å². The first-order valence-corrected chi connectivity index (χ1v) is 5.23. The van der Waals surface area contributed by atoms with Crippen LogP contribution in [0, 0.1) is 0 Å². The number of furan rings is 1. The van der Waals surface area contributed by atoms with E-state index < -0.39 is 24.2 Å². The number of carbonyl (C=O) groups is 2. The summed E-state index contributed by atoms with van der Waals surface area (Å²) in [4.78, 5) is 33.7. The predicted molar refractivity (Wildman–Crippen MR) is 61.1 cm³/mol. The highest BCUT2D eigenvalue weighted by molar-refractivity contribution is 5.93. The minimum atomic E-state index is -0.821. The average Bonchev–Trinajstić information content (AvgIpc) is 2.99. The van der Waals surface area contributed by atoms with Gasteiger partial charge in [0.25, 0.3) is 5.89 Å². The van der Waals surface area contributed by atoms with E-state index in [9.17, 15) is 14.4 Å². The minimum absolute atomic E-state index is 0.0391. The highest BCUT2D eigenvalue weighted by atomic mass is 16.4. The summed E-state index contributed by atoms with van der Waals surface area (Å²) in [6, 6.07) is 2.49. The van der Waals surface area contributed by atoms with Gasteiger partial charge in [-0.2, -0.15) is 4.68 Å². The normalized spacial score (nSPS) is 10.2. The Morgan fingerprint density at radius 2 is 2.26 bits per heavy atom. The van der Waals surface area contributed by atoms with Crippen molar-refractivity contribution < 1.29 is 18.4 Å². The molecule has 0 aliphatic heterocycles. The van der Waals surface area contributed by atoms with E-state index in [-0.39, 0.29) is 11.7 Å². The summed E-state index contributed by atoms with van der Waals surface area (Å²) in [5, 5.41) is 7.98. The van der Waals surface area contributed by atoms with Gasteiger partial charge in [-0.3, -0.25) is 10.1 Å². The molecule has 2 heterocycles. The molecule has 0 aliphatic carbocycles. The quantitative estimate of drug-likeness (QED) is 0.776. The van der Waals surface area contributed by atoms with Crippen LogP contribution in [-0.2, 0) is 11.3 Å². The molecule has 9 heteroatoms. The van der Waals surface area contributed by atoms with Gasteiger partial charge in [-0.1, -0.05) is 0 Å². The lowest BCUT2D eigenvalue weighted by atomic mass is 10.5. The van der Waals surface area contributed by atoms with E-state index in [1.807, 2.05) is 5.32 Å². The van der Waals surface area contributed by atoms with Crippen LogP contribution >= 0.6 is 0 Å². The highest BCUT2D eigenvalue weighted by Gasteiger charge is 2.15. The number of hydrogen-bond donors (Lipinski definition) is 2. The van der Waals surface area contributed by atoms with Gasteiger partial charge in [0.15, 0.2) is 5.76 Å². The molecule has 3 amide bonds. The molecule has 9 nitrogen and oxygen atoms in total. The number of amides is 3. The lowest BCUT2D eigenvalue weighted by Crippen LogP contribution is -2.40. The molecule has 2 rings (SSSR count). The second-order valence-corrected chi connectivity index (χ2v) is 3.44. The third kappa shape index (κ3) is 2.89. The van der Waals surface area contributed by atoms with E-state index >= 15 is 0 Å². The fourth-order valence-corrected chi connectivity index (χ4v) is 1.27. The minimum Gasteiger partial charge on any atom is -0.459 e. The zero-order valence-electron chi connectivity index (χ0n) is 9.87. The van der Waals surface area contributed by atoms with Crippen LogP contribution in [0.15, 0.2) is 32.0 Å². The second-order valence-electron chi connectivity index (χ2n) is 3.44. The van der Waals surface area contributed by atoms with Crippen LogP contribution in [0.5, 0.6) is 0 Å². The summed E-state index contributed by atoms with van der Waals surface area (Å²) in [6.07, 6.45) is 1.40. The van der Waals surface area contributed by atoms with Crippen LogP contribution in [0.3, 0.4) is 0 Å². The average molecular weight is 266 g/mol. The van der Waals surface area contributed by atoms with Crippen LogP contribution in [-0.4, -0.2) is 28.8 Å². The van der Waals surface area contributed by atoms with Gasteiger partial charge in [-0.05, 0) is 12.1 Å². The summed E-state index contributed by atoms with van der Waals surface area (Å²) in [6.45, 7) is -0.434. The van der Waals surface area contributed by atoms with Crippen molar-refractivity contribution in [3.8, 4) is 11.7 Å². The first-order valence-electron chi connectivity index (χ1n) is 5.23. The lowest BCUT2D eigenvalue weighted by Gasteiger charge is -2.01. The van der Waals surface area contributed by atoms with Crippen molar-refractivity contribution in [1.82, 2.24) is 20.4 Å². The third-order valence-corrected chi connectivity index (χ3v) is 2.11. The molecule has 0 radical (unpaired) electrons. The van der Waals surface area contributed by atoms with Crippen molar-refractivity contribution in [2.75, 3.05) is 7.05 Å². The molecule has 2 aromatic heterocycles. The van der Waals surface area contributed by atoms with Crippen LogP contribution in [0.2, 0.25) is 0 Å². The number of aromatic nitrogens is 2. The Kier molecular flexibility index (Phi) is 3.46. The van der Waals surface area contributed by atoms with Crippen molar-refractivity contribution in [2.24, 2.45) is 0 Å². The van der Waals surface area contributed by atoms with Gasteiger partial charge in [-0.25, -0.2) is 9.59 Å². The van der Waals surface area contributed by atoms with Gasteiger partial charge >= 0.3 is 11.8 Å². The van der Waals surface area contributed by atoms with Gasteiger partial charge in [0.1, 0.15) is 6.54 Å². The maximum Gasteiger partial charge on any atom is 0.437 e. The fraction of sp³-hybridized carbons (Fsp3) is 0.200. The van der Waals surface area contributed by atoms with Gasteiger partial charge in [0.2, 0.25) is 5.91 Å². The summed E-state index contributed by atoms with van der Waals surface area (Å²) in [5.41, 5.74) is 0. The zero-order chi connectivity index (χ0) is 13.8. The number of nitrogens with zero attached hydrogens (tertiary/aromatic N) is 2. The summed E-state index contributed by atoms with van der Waals surface area (Å²) < 4.78 is 10.6. The topological polar surface area (TPSA) is 119 Å². The first-order chi connectivity index (χ1) is 9.10. The number of nitrogens with one attached hydrogen (secondary N) is 2. The van der Waals surface area contributed by atoms with E-state index in [2.05, 4.69) is 10.4 Å². The molecule has 19 heavy (non-hydrogen) atoms. The van der Waals surface area contributed by atoms with Gasteiger partial charge < -0.3 is 14.2 Å². The van der Waals surface area contributed by atoms with Gasteiger partial charge in [0.05, 0.1) is 6.26 Å². The van der Waals surface area contributed by atoms with Crippen molar-refractivity contribution in [3.63, 3.8) is 0 Å². The van der Waals surface area contributed by atoms with Crippen LogP contribution in [0.1, 0.15) is 0 Å². The van der Waals surface area contributed by atoms with Crippen molar-refractivity contribution in [3.05, 3.63) is 28.9 Å². The molecule has 0 fully saturated rings. The van der Waals surface area contributed by atoms with Crippen molar-refractivity contribution >= 4 is 11.9 Å². The molecule has 0 saturated heterocycles. The summed E-state index contributed by atoms with van der Waals surface area (Å²) >= 11 is 0. The van der Waals surface area contributed by atoms with E-state index in [1.165, 1.54) is 13.3 Å². The maximum absolute atomic E-state index is 11.4. The Labute approximate surface area is 106 Å². The first kappa shape index (κ1) is 12.6. The van der Waals surface area contributed by atoms with Crippen LogP contribution in [0.4, 0.5) is 4.79 Å². The Morgan fingerprint density at radius 1 is 1.47 bits per heavy atom. The fourth-order valence-electron chi connectivity index (χ4n) is 1.27. The van der Waals surface area contributed by atoms with E-state index in [1.54, 1.807) is 12.1 Å². The molecular weight excluding hydrogens is 256 g/mol. The molecule has 0 aliphatic rings. The molecule has 0 spiro atoms. The Bertz CT molecular complexity index is 639.